The van der Waals surface area contributed by atoms with Crippen molar-refractivity contribution in [1.82, 2.24) is 9.97 Å². The number of hydrogen-bond acceptors (Lipinski definition) is 5. The first-order valence-electron chi connectivity index (χ1n) is 6.73. The molecule has 0 unspecified atom stereocenters. The Bertz CT molecular complexity index is 567. The number of nitrogens with two attached hydrogens (primary N) is 1. The van der Waals surface area contributed by atoms with Crippen molar-refractivity contribution in [2.24, 2.45) is 5.84 Å². The lowest BCUT2D eigenvalue weighted by Crippen LogP contribution is -2.11. The summed E-state index contributed by atoms with van der Waals surface area (Å²) in [6, 6.07) is 9.60. The van der Waals surface area contributed by atoms with Gasteiger partial charge in [-0.3, -0.25) is 0 Å². The number of rotatable bonds is 5. The van der Waals surface area contributed by atoms with E-state index in [-0.39, 0.29) is 0 Å². The molecule has 0 bridgehead atoms. The van der Waals surface area contributed by atoms with Gasteiger partial charge < -0.3 is 10.2 Å². The zero-order chi connectivity index (χ0) is 14.5. The molecule has 2 aromatic rings. The van der Waals surface area contributed by atoms with Gasteiger partial charge in [-0.15, -0.1) is 0 Å². The minimum absolute atomic E-state index is 0.312. The quantitative estimate of drug-likeness (QED) is 0.646. The van der Waals surface area contributed by atoms with Crippen LogP contribution in [0.4, 0.5) is 5.82 Å². The Morgan fingerprint density at radius 1 is 1.20 bits per heavy atom. The first-order chi connectivity index (χ1) is 9.63. The summed E-state index contributed by atoms with van der Waals surface area (Å²) in [7, 11) is 0. The van der Waals surface area contributed by atoms with Crippen molar-refractivity contribution >= 4 is 5.82 Å². The molecular formula is C15H20N4O. The molecule has 20 heavy (non-hydrogen) atoms. The summed E-state index contributed by atoms with van der Waals surface area (Å²) >= 11 is 0. The molecule has 1 heterocycles. The summed E-state index contributed by atoms with van der Waals surface area (Å²) in [5.74, 6) is 7.90. The van der Waals surface area contributed by atoms with E-state index in [4.69, 9.17) is 10.6 Å². The molecule has 3 N–H and O–H groups in total. The first-order valence-corrected chi connectivity index (χ1v) is 6.73. The number of hydrogen-bond donors (Lipinski definition) is 2. The number of benzene rings is 1. The third-order valence-corrected chi connectivity index (χ3v) is 2.91. The van der Waals surface area contributed by atoms with Gasteiger partial charge in [0.15, 0.2) is 5.82 Å². The maximum Gasteiger partial charge on any atom is 0.161 e. The molecule has 0 saturated carbocycles. The highest BCUT2D eigenvalue weighted by molar-refractivity contribution is 5.58. The van der Waals surface area contributed by atoms with E-state index in [1.165, 1.54) is 0 Å². The molecule has 1 aromatic carbocycles. The number of ether oxygens (including phenoxy) is 1. The van der Waals surface area contributed by atoms with E-state index in [0.717, 1.165) is 17.0 Å². The summed E-state index contributed by atoms with van der Waals surface area (Å²) in [4.78, 5) is 8.97. The van der Waals surface area contributed by atoms with Crippen LogP contribution in [-0.4, -0.2) is 16.6 Å². The summed E-state index contributed by atoms with van der Waals surface area (Å²) in [6.07, 6.45) is 0. The lowest BCUT2D eigenvalue weighted by Gasteiger charge is -2.10. The highest BCUT2D eigenvalue weighted by Gasteiger charge is 2.09. The monoisotopic (exact) mass is 272 g/mol. The van der Waals surface area contributed by atoms with Gasteiger partial charge in [-0.1, -0.05) is 13.8 Å². The lowest BCUT2D eigenvalue weighted by atomic mass is 10.1. The molecular weight excluding hydrogens is 252 g/mol. The molecule has 106 valence electrons. The van der Waals surface area contributed by atoms with Crippen LogP contribution in [0.15, 0.2) is 30.3 Å². The topological polar surface area (TPSA) is 73.1 Å². The van der Waals surface area contributed by atoms with Gasteiger partial charge in [-0.05, 0) is 37.1 Å². The molecule has 0 amide bonds. The second-order valence-electron chi connectivity index (χ2n) is 4.76. The highest BCUT2D eigenvalue weighted by atomic mass is 16.5. The molecule has 1 aromatic heterocycles. The van der Waals surface area contributed by atoms with Crippen molar-refractivity contribution in [2.75, 3.05) is 12.0 Å². The van der Waals surface area contributed by atoms with E-state index < -0.39 is 0 Å². The van der Waals surface area contributed by atoms with Crippen molar-refractivity contribution < 1.29 is 4.74 Å². The molecule has 0 aliphatic heterocycles. The molecule has 0 fully saturated rings. The zero-order valence-electron chi connectivity index (χ0n) is 12.1. The predicted molar refractivity (Wildman–Crippen MR) is 80.5 cm³/mol. The number of nitrogens with one attached hydrogen (secondary N) is 1. The Balaban J connectivity index is 2.37. The van der Waals surface area contributed by atoms with Gasteiger partial charge in [0.2, 0.25) is 0 Å². The second kappa shape index (κ2) is 6.34. The smallest absolute Gasteiger partial charge is 0.161 e. The van der Waals surface area contributed by atoms with Crippen LogP contribution in [-0.2, 0) is 0 Å². The summed E-state index contributed by atoms with van der Waals surface area (Å²) in [5.41, 5.74) is 4.48. The molecule has 0 spiro atoms. The molecule has 0 aliphatic rings. The summed E-state index contributed by atoms with van der Waals surface area (Å²) in [5, 5.41) is 0. The molecule has 0 aliphatic carbocycles. The van der Waals surface area contributed by atoms with Crippen molar-refractivity contribution in [3.8, 4) is 17.1 Å². The predicted octanol–water partition coefficient (Wildman–Crippen LogP) is 2.95. The third kappa shape index (κ3) is 3.24. The number of nitrogens with zero attached hydrogens (tertiary/aromatic N) is 2. The SMILES string of the molecule is CCOc1ccc(-c2nc(NN)cc(C(C)C)n2)cc1. The van der Waals surface area contributed by atoms with E-state index in [1.807, 2.05) is 37.3 Å². The summed E-state index contributed by atoms with van der Waals surface area (Å²) in [6.45, 7) is 6.79. The van der Waals surface area contributed by atoms with Gasteiger partial charge in [0, 0.05) is 17.3 Å². The van der Waals surface area contributed by atoms with Crippen LogP contribution in [0, 0.1) is 0 Å². The minimum Gasteiger partial charge on any atom is -0.494 e. The van der Waals surface area contributed by atoms with Gasteiger partial charge in [0.1, 0.15) is 11.6 Å². The Morgan fingerprint density at radius 2 is 1.90 bits per heavy atom. The normalized spacial score (nSPS) is 10.7. The lowest BCUT2D eigenvalue weighted by molar-refractivity contribution is 0.340. The molecule has 2 rings (SSSR count). The van der Waals surface area contributed by atoms with Gasteiger partial charge >= 0.3 is 0 Å². The maximum absolute atomic E-state index is 5.47. The van der Waals surface area contributed by atoms with Crippen LogP contribution in [0.25, 0.3) is 11.4 Å². The van der Waals surface area contributed by atoms with Crippen LogP contribution >= 0.6 is 0 Å². The Labute approximate surface area is 119 Å². The minimum atomic E-state index is 0.312. The standard InChI is InChI=1S/C15H20N4O/c1-4-20-12-7-5-11(6-8-12)15-17-13(10(2)3)9-14(18-15)19-16/h5-10H,4,16H2,1-3H3,(H,17,18,19). The van der Waals surface area contributed by atoms with Crippen LogP contribution in [0.2, 0.25) is 0 Å². The van der Waals surface area contributed by atoms with Gasteiger partial charge in [0.25, 0.3) is 0 Å². The zero-order valence-corrected chi connectivity index (χ0v) is 12.1. The van der Waals surface area contributed by atoms with E-state index >= 15 is 0 Å². The van der Waals surface area contributed by atoms with E-state index in [2.05, 4.69) is 29.2 Å². The highest BCUT2D eigenvalue weighted by Crippen LogP contribution is 2.23. The fourth-order valence-corrected chi connectivity index (χ4v) is 1.83. The van der Waals surface area contributed by atoms with E-state index in [0.29, 0.717) is 24.2 Å². The Hall–Kier alpha value is -2.14. The fraction of sp³-hybridized carbons (Fsp3) is 0.333. The molecule has 5 nitrogen and oxygen atoms in total. The number of nitrogen functional groups attached to an aromatic ring is 1. The molecule has 0 radical (unpaired) electrons. The molecule has 5 heteroatoms. The second-order valence-corrected chi connectivity index (χ2v) is 4.76. The fourth-order valence-electron chi connectivity index (χ4n) is 1.83. The van der Waals surface area contributed by atoms with Crippen LogP contribution in [0.5, 0.6) is 5.75 Å². The van der Waals surface area contributed by atoms with Crippen LogP contribution in [0.1, 0.15) is 32.4 Å². The third-order valence-electron chi connectivity index (χ3n) is 2.91. The average molecular weight is 272 g/mol. The van der Waals surface area contributed by atoms with E-state index in [1.54, 1.807) is 0 Å². The summed E-state index contributed by atoms with van der Waals surface area (Å²) < 4.78 is 5.43. The number of hydrazine groups is 1. The van der Waals surface area contributed by atoms with Crippen LogP contribution in [0.3, 0.4) is 0 Å². The number of aromatic nitrogens is 2. The van der Waals surface area contributed by atoms with Crippen molar-refractivity contribution in [3.63, 3.8) is 0 Å². The maximum atomic E-state index is 5.47. The first kappa shape index (κ1) is 14.3. The van der Waals surface area contributed by atoms with Crippen molar-refractivity contribution in [3.05, 3.63) is 36.0 Å². The van der Waals surface area contributed by atoms with E-state index in [9.17, 15) is 0 Å². The average Bonchev–Trinajstić information content (AvgIpc) is 2.47. The molecule has 0 atom stereocenters. The van der Waals surface area contributed by atoms with Crippen molar-refractivity contribution in [1.29, 1.82) is 0 Å². The van der Waals surface area contributed by atoms with Crippen LogP contribution < -0.4 is 16.0 Å². The van der Waals surface area contributed by atoms with Gasteiger partial charge in [-0.25, -0.2) is 15.8 Å². The van der Waals surface area contributed by atoms with Gasteiger partial charge in [0.05, 0.1) is 6.61 Å². The van der Waals surface area contributed by atoms with Gasteiger partial charge in [-0.2, -0.15) is 0 Å². The number of anilines is 1. The Kier molecular flexibility index (Phi) is 4.53. The Morgan fingerprint density at radius 3 is 2.45 bits per heavy atom. The van der Waals surface area contributed by atoms with Crippen molar-refractivity contribution in [2.45, 2.75) is 26.7 Å². The molecule has 0 saturated heterocycles. The largest absolute Gasteiger partial charge is 0.494 e.